The molecule has 0 radical (unpaired) electrons. The lowest BCUT2D eigenvalue weighted by atomic mass is 10.2. The number of anilines is 1. The molecule has 0 bridgehead atoms. The largest absolute Gasteiger partial charge is 0.367 e. The Kier molecular flexibility index (Phi) is 5.99. The summed E-state index contributed by atoms with van der Waals surface area (Å²) in [6.45, 7) is 6.92. The molecule has 1 saturated heterocycles. The van der Waals surface area contributed by atoms with Crippen molar-refractivity contribution in [3.05, 3.63) is 30.1 Å². The molecular weight excluding hydrogens is 269 g/mol. The van der Waals surface area contributed by atoms with Crippen molar-refractivity contribution < 1.29 is 9.18 Å². The maximum atomic E-state index is 13.7. The fraction of sp³-hybridized carbons (Fsp3) is 0.562. The third-order valence-corrected chi connectivity index (χ3v) is 3.79. The van der Waals surface area contributed by atoms with Crippen LogP contribution in [0.2, 0.25) is 0 Å². The normalized spacial score (nSPS) is 16.0. The quantitative estimate of drug-likeness (QED) is 0.869. The molecule has 1 amide bonds. The monoisotopic (exact) mass is 293 g/mol. The van der Waals surface area contributed by atoms with Gasteiger partial charge in [0, 0.05) is 45.7 Å². The highest BCUT2D eigenvalue weighted by molar-refractivity contribution is 5.76. The third kappa shape index (κ3) is 4.70. The van der Waals surface area contributed by atoms with Gasteiger partial charge in [-0.25, -0.2) is 4.39 Å². The second-order valence-corrected chi connectivity index (χ2v) is 5.38. The number of rotatable bonds is 6. The zero-order valence-electron chi connectivity index (χ0n) is 12.6. The molecule has 116 valence electrons. The fourth-order valence-corrected chi connectivity index (χ4v) is 2.53. The van der Waals surface area contributed by atoms with Crippen LogP contribution in [0.1, 0.15) is 19.8 Å². The number of halogens is 1. The summed E-state index contributed by atoms with van der Waals surface area (Å²) < 4.78 is 13.7. The predicted octanol–water partition coefficient (Wildman–Crippen LogP) is 1.86. The minimum atomic E-state index is -0.162. The highest BCUT2D eigenvalue weighted by atomic mass is 19.1. The topological polar surface area (TPSA) is 35.6 Å². The highest BCUT2D eigenvalue weighted by Crippen LogP contribution is 2.20. The third-order valence-electron chi connectivity index (χ3n) is 3.79. The van der Waals surface area contributed by atoms with Crippen LogP contribution >= 0.6 is 0 Å². The molecule has 1 heterocycles. The van der Waals surface area contributed by atoms with Gasteiger partial charge in [0.2, 0.25) is 5.91 Å². The van der Waals surface area contributed by atoms with Gasteiger partial charge in [0.15, 0.2) is 0 Å². The highest BCUT2D eigenvalue weighted by Gasteiger charge is 2.19. The van der Waals surface area contributed by atoms with Gasteiger partial charge < -0.3 is 10.2 Å². The minimum absolute atomic E-state index is 0.119. The van der Waals surface area contributed by atoms with Gasteiger partial charge >= 0.3 is 0 Å². The van der Waals surface area contributed by atoms with E-state index in [4.69, 9.17) is 0 Å². The Labute approximate surface area is 125 Å². The number of nitrogens with one attached hydrogen (secondary N) is 1. The molecule has 21 heavy (non-hydrogen) atoms. The number of para-hydroxylation sites is 1. The zero-order chi connectivity index (χ0) is 15.1. The Hall–Kier alpha value is -1.62. The van der Waals surface area contributed by atoms with E-state index >= 15 is 0 Å². The maximum absolute atomic E-state index is 13.7. The molecule has 1 fully saturated rings. The molecule has 1 aromatic carbocycles. The van der Waals surface area contributed by atoms with Crippen molar-refractivity contribution in [3.8, 4) is 0 Å². The number of carbonyl (C=O) groups excluding carboxylic acids is 1. The van der Waals surface area contributed by atoms with Crippen LogP contribution in [-0.2, 0) is 4.79 Å². The van der Waals surface area contributed by atoms with Gasteiger partial charge in [-0.2, -0.15) is 0 Å². The van der Waals surface area contributed by atoms with Crippen LogP contribution in [0.5, 0.6) is 0 Å². The van der Waals surface area contributed by atoms with E-state index in [0.717, 1.165) is 45.7 Å². The number of benzene rings is 1. The molecule has 0 spiro atoms. The Balaban J connectivity index is 1.73. The smallest absolute Gasteiger partial charge is 0.221 e. The molecule has 1 aromatic rings. The van der Waals surface area contributed by atoms with Crippen molar-refractivity contribution in [2.24, 2.45) is 0 Å². The van der Waals surface area contributed by atoms with Crippen LogP contribution in [0.25, 0.3) is 0 Å². The Morgan fingerprint density at radius 3 is 2.62 bits per heavy atom. The van der Waals surface area contributed by atoms with Gasteiger partial charge in [-0.1, -0.05) is 19.1 Å². The Morgan fingerprint density at radius 2 is 1.95 bits per heavy atom. The first-order chi connectivity index (χ1) is 10.2. The van der Waals surface area contributed by atoms with Crippen molar-refractivity contribution in [1.29, 1.82) is 0 Å². The molecule has 1 N–H and O–H groups in total. The minimum Gasteiger partial charge on any atom is -0.367 e. The number of hydrogen-bond acceptors (Lipinski definition) is 3. The van der Waals surface area contributed by atoms with Crippen molar-refractivity contribution in [1.82, 2.24) is 10.2 Å². The SMILES string of the molecule is CCCNC(=O)CCN1CCN(c2ccccc2F)CC1. The van der Waals surface area contributed by atoms with Crippen molar-refractivity contribution in [3.63, 3.8) is 0 Å². The van der Waals surface area contributed by atoms with Crippen LogP contribution < -0.4 is 10.2 Å². The van der Waals surface area contributed by atoms with Crippen LogP contribution in [-0.4, -0.2) is 50.1 Å². The van der Waals surface area contributed by atoms with E-state index in [1.165, 1.54) is 6.07 Å². The van der Waals surface area contributed by atoms with E-state index in [1.54, 1.807) is 6.07 Å². The zero-order valence-corrected chi connectivity index (χ0v) is 12.6. The summed E-state index contributed by atoms with van der Waals surface area (Å²) in [4.78, 5) is 15.9. The average Bonchev–Trinajstić information content (AvgIpc) is 2.52. The summed E-state index contributed by atoms with van der Waals surface area (Å²) in [6, 6.07) is 6.90. The number of amides is 1. The van der Waals surface area contributed by atoms with E-state index < -0.39 is 0 Å². The van der Waals surface area contributed by atoms with Crippen molar-refractivity contribution in [2.45, 2.75) is 19.8 Å². The first-order valence-corrected chi connectivity index (χ1v) is 7.69. The summed E-state index contributed by atoms with van der Waals surface area (Å²) in [5.41, 5.74) is 0.679. The van der Waals surface area contributed by atoms with E-state index in [9.17, 15) is 9.18 Å². The maximum Gasteiger partial charge on any atom is 0.221 e. The Bertz CT molecular complexity index is 459. The van der Waals surface area contributed by atoms with E-state index in [-0.39, 0.29) is 11.7 Å². The second-order valence-electron chi connectivity index (χ2n) is 5.38. The molecule has 0 atom stereocenters. The molecule has 5 heteroatoms. The molecule has 0 saturated carbocycles. The van der Waals surface area contributed by atoms with Crippen LogP contribution in [0.4, 0.5) is 10.1 Å². The summed E-state index contributed by atoms with van der Waals surface area (Å²) in [5, 5.41) is 2.89. The molecule has 1 aliphatic rings. The lowest BCUT2D eigenvalue weighted by molar-refractivity contribution is -0.121. The first kappa shape index (κ1) is 15.8. The summed E-state index contributed by atoms with van der Waals surface area (Å²) in [7, 11) is 0. The second kappa shape index (κ2) is 7.98. The molecular formula is C16H24FN3O. The van der Waals surface area contributed by atoms with Gasteiger partial charge in [0.05, 0.1) is 5.69 Å². The van der Waals surface area contributed by atoms with Gasteiger partial charge in [0.1, 0.15) is 5.82 Å². The summed E-state index contributed by atoms with van der Waals surface area (Å²) >= 11 is 0. The van der Waals surface area contributed by atoms with Gasteiger partial charge in [-0.15, -0.1) is 0 Å². The fourth-order valence-electron chi connectivity index (χ4n) is 2.53. The van der Waals surface area contributed by atoms with Crippen LogP contribution in [0.3, 0.4) is 0 Å². The van der Waals surface area contributed by atoms with Gasteiger partial charge in [0.25, 0.3) is 0 Å². The predicted molar refractivity (Wildman–Crippen MR) is 83.0 cm³/mol. The van der Waals surface area contributed by atoms with E-state index in [2.05, 4.69) is 15.1 Å². The van der Waals surface area contributed by atoms with E-state index in [0.29, 0.717) is 12.1 Å². The van der Waals surface area contributed by atoms with Crippen molar-refractivity contribution in [2.75, 3.05) is 44.2 Å². The standard InChI is InChI=1S/C16H24FN3O/c1-2-8-18-16(21)7-9-19-10-12-20(13-11-19)15-6-4-3-5-14(15)17/h3-6H,2,7-13H2,1H3,(H,18,21). The molecule has 0 unspecified atom stereocenters. The summed E-state index contributed by atoms with van der Waals surface area (Å²) in [5.74, 6) is -0.0433. The first-order valence-electron chi connectivity index (χ1n) is 7.69. The van der Waals surface area contributed by atoms with Gasteiger partial charge in [-0.05, 0) is 18.6 Å². The molecule has 0 aromatic heterocycles. The number of piperazine rings is 1. The average molecular weight is 293 g/mol. The van der Waals surface area contributed by atoms with Crippen molar-refractivity contribution >= 4 is 11.6 Å². The van der Waals surface area contributed by atoms with Crippen LogP contribution in [0, 0.1) is 5.82 Å². The lowest BCUT2D eigenvalue weighted by Gasteiger charge is -2.36. The van der Waals surface area contributed by atoms with Gasteiger partial charge in [-0.3, -0.25) is 9.69 Å². The lowest BCUT2D eigenvalue weighted by Crippen LogP contribution is -2.47. The number of carbonyl (C=O) groups is 1. The number of hydrogen-bond donors (Lipinski definition) is 1. The Morgan fingerprint density at radius 1 is 1.24 bits per heavy atom. The van der Waals surface area contributed by atoms with E-state index in [1.807, 2.05) is 19.1 Å². The molecule has 2 rings (SSSR count). The number of nitrogens with zero attached hydrogens (tertiary/aromatic N) is 2. The van der Waals surface area contributed by atoms with Crippen LogP contribution in [0.15, 0.2) is 24.3 Å². The summed E-state index contributed by atoms with van der Waals surface area (Å²) in [6.07, 6.45) is 1.51. The molecule has 0 aliphatic carbocycles. The molecule has 1 aliphatic heterocycles. The molecule has 4 nitrogen and oxygen atoms in total.